The van der Waals surface area contributed by atoms with Crippen LogP contribution in [-0.2, 0) is 6.54 Å². The second-order valence-electron chi connectivity index (χ2n) is 6.67. The van der Waals surface area contributed by atoms with Gasteiger partial charge >= 0.3 is 0 Å². The van der Waals surface area contributed by atoms with Gasteiger partial charge in [-0.2, -0.15) is 0 Å². The Morgan fingerprint density at radius 3 is 2.75 bits per heavy atom. The molecule has 1 fully saturated rings. The first-order chi connectivity index (χ1) is 11.7. The zero-order chi connectivity index (χ0) is 16.5. The van der Waals surface area contributed by atoms with E-state index in [4.69, 9.17) is 4.98 Å². The molecule has 3 aromatic rings. The molecule has 4 nitrogen and oxygen atoms in total. The molecule has 0 aliphatic carbocycles. The van der Waals surface area contributed by atoms with Crippen LogP contribution in [0.15, 0.2) is 40.5 Å². The number of fused-ring (bicyclic) bond motifs is 1. The van der Waals surface area contributed by atoms with E-state index in [0.717, 1.165) is 47.3 Å². The molecule has 0 unspecified atom stereocenters. The summed E-state index contributed by atoms with van der Waals surface area (Å²) < 4.78 is 0. The fourth-order valence-electron chi connectivity index (χ4n) is 3.33. The van der Waals surface area contributed by atoms with Gasteiger partial charge in [0.25, 0.3) is 5.56 Å². The second kappa shape index (κ2) is 6.49. The van der Waals surface area contributed by atoms with Crippen LogP contribution in [0.5, 0.6) is 0 Å². The third-order valence-electron chi connectivity index (χ3n) is 4.83. The fourth-order valence-corrected chi connectivity index (χ4v) is 4.30. The summed E-state index contributed by atoms with van der Waals surface area (Å²) in [6.07, 6.45) is 2.45. The fraction of sp³-hybridized carbons (Fsp3) is 0.368. The van der Waals surface area contributed by atoms with Crippen molar-refractivity contribution in [2.24, 2.45) is 5.92 Å². The minimum atomic E-state index is -0.0273. The molecule has 2 aromatic heterocycles. The molecule has 0 saturated carbocycles. The number of nitrogens with zero attached hydrogens (tertiary/aromatic N) is 2. The predicted molar refractivity (Wildman–Crippen MR) is 99.4 cm³/mol. The number of hydrogen-bond donors (Lipinski definition) is 1. The second-order valence-corrected chi connectivity index (χ2v) is 7.52. The lowest BCUT2D eigenvalue weighted by Crippen LogP contribution is -2.33. The van der Waals surface area contributed by atoms with Crippen LogP contribution in [0.4, 0.5) is 0 Å². The number of hydrogen-bond acceptors (Lipinski definition) is 4. The predicted octanol–water partition coefficient (Wildman–Crippen LogP) is 3.88. The van der Waals surface area contributed by atoms with Gasteiger partial charge in [0.05, 0.1) is 11.9 Å². The van der Waals surface area contributed by atoms with Crippen molar-refractivity contribution in [3.8, 4) is 11.1 Å². The monoisotopic (exact) mass is 339 g/mol. The van der Waals surface area contributed by atoms with E-state index >= 15 is 0 Å². The number of aromatic nitrogens is 2. The maximum atomic E-state index is 12.6. The van der Waals surface area contributed by atoms with Crippen LogP contribution in [0.1, 0.15) is 25.6 Å². The van der Waals surface area contributed by atoms with Crippen molar-refractivity contribution < 1.29 is 0 Å². The zero-order valence-electron chi connectivity index (χ0n) is 13.8. The number of nitrogens with one attached hydrogen (secondary N) is 1. The first-order valence-corrected chi connectivity index (χ1v) is 9.37. The maximum absolute atomic E-state index is 12.6. The normalized spacial score (nSPS) is 16.7. The van der Waals surface area contributed by atoms with Gasteiger partial charge in [-0.15, -0.1) is 11.3 Å². The average Bonchev–Trinajstić information content (AvgIpc) is 3.02. The van der Waals surface area contributed by atoms with Crippen molar-refractivity contribution in [2.45, 2.75) is 26.3 Å². The molecule has 0 radical (unpaired) electrons. The lowest BCUT2D eigenvalue weighted by molar-refractivity contribution is 0.181. The summed E-state index contributed by atoms with van der Waals surface area (Å²) in [7, 11) is 0. The number of likely N-dealkylation sites (tertiary alicyclic amines) is 1. The largest absolute Gasteiger partial charge is 0.309 e. The maximum Gasteiger partial charge on any atom is 0.260 e. The molecule has 4 rings (SSSR count). The van der Waals surface area contributed by atoms with Crippen LogP contribution in [-0.4, -0.2) is 28.0 Å². The molecule has 1 aliphatic heterocycles. The number of H-pyrrole nitrogens is 1. The quantitative estimate of drug-likeness (QED) is 0.788. The Morgan fingerprint density at radius 2 is 2.00 bits per heavy atom. The lowest BCUT2D eigenvalue weighted by atomic mass is 9.99. The summed E-state index contributed by atoms with van der Waals surface area (Å²) in [5.74, 6) is 1.59. The minimum Gasteiger partial charge on any atom is -0.309 e. The number of aromatic amines is 1. The molecular weight excluding hydrogens is 318 g/mol. The summed E-state index contributed by atoms with van der Waals surface area (Å²) in [5, 5.41) is 2.75. The van der Waals surface area contributed by atoms with Gasteiger partial charge < -0.3 is 4.98 Å². The molecule has 0 spiro atoms. The highest BCUT2D eigenvalue weighted by Gasteiger charge is 2.18. The van der Waals surface area contributed by atoms with E-state index < -0.39 is 0 Å². The van der Waals surface area contributed by atoms with Crippen LogP contribution in [0.3, 0.4) is 0 Å². The Bertz CT molecular complexity index is 892. The summed E-state index contributed by atoms with van der Waals surface area (Å²) in [6, 6.07) is 10.0. The van der Waals surface area contributed by atoms with Crippen molar-refractivity contribution in [1.29, 1.82) is 0 Å². The number of thiophene rings is 1. The molecule has 1 saturated heterocycles. The Hall–Kier alpha value is -1.98. The van der Waals surface area contributed by atoms with Crippen LogP contribution in [0.25, 0.3) is 21.3 Å². The SMILES string of the molecule is CC1CCN(Cc2nc3scc(-c4ccccc4)c3c(=O)[nH]2)CC1. The molecular formula is C19H21N3OS. The van der Waals surface area contributed by atoms with Gasteiger partial charge in [-0.3, -0.25) is 9.69 Å². The minimum absolute atomic E-state index is 0.0273. The van der Waals surface area contributed by atoms with Crippen molar-refractivity contribution in [3.63, 3.8) is 0 Å². The standard InChI is InChI=1S/C19H21N3OS/c1-13-7-9-22(10-8-13)11-16-20-18(23)17-15(12-24-19(17)21-16)14-5-3-2-4-6-14/h2-6,12-13H,7-11H2,1H3,(H,20,21,23). The van der Waals surface area contributed by atoms with Crippen molar-refractivity contribution in [2.75, 3.05) is 13.1 Å². The van der Waals surface area contributed by atoms with Gasteiger partial charge in [0.1, 0.15) is 10.7 Å². The van der Waals surface area contributed by atoms with E-state index in [0.29, 0.717) is 5.39 Å². The van der Waals surface area contributed by atoms with E-state index in [1.54, 1.807) is 11.3 Å². The highest BCUT2D eigenvalue weighted by Crippen LogP contribution is 2.30. The lowest BCUT2D eigenvalue weighted by Gasteiger charge is -2.29. The third kappa shape index (κ3) is 3.01. The van der Waals surface area contributed by atoms with Crippen molar-refractivity contribution in [3.05, 3.63) is 51.9 Å². The van der Waals surface area contributed by atoms with E-state index in [-0.39, 0.29) is 5.56 Å². The van der Waals surface area contributed by atoms with E-state index in [1.807, 2.05) is 35.7 Å². The Balaban J connectivity index is 1.65. The molecule has 3 heterocycles. The van der Waals surface area contributed by atoms with Gasteiger partial charge in [-0.1, -0.05) is 37.3 Å². The summed E-state index contributed by atoms with van der Waals surface area (Å²) in [6.45, 7) is 5.21. The highest BCUT2D eigenvalue weighted by atomic mass is 32.1. The Labute approximate surface area is 145 Å². The molecule has 0 amide bonds. The van der Waals surface area contributed by atoms with Crippen LogP contribution in [0.2, 0.25) is 0 Å². The average molecular weight is 339 g/mol. The Kier molecular flexibility index (Phi) is 4.21. The van der Waals surface area contributed by atoms with Crippen molar-refractivity contribution in [1.82, 2.24) is 14.9 Å². The Morgan fingerprint density at radius 1 is 1.25 bits per heavy atom. The molecule has 1 N–H and O–H groups in total. The molecule has 124 valence electrons. The van der Waals surface area contributed by atoms with Gasteiger partial charge in [-0.25, -0.2) is 4.98 Å². The van der Waals surface area contributed by atoms with Crippen LogP contribution >= 0.6 is 11.3 Å². The number of piperidine rings is 1. The molecule has 1 aromatic carbocycles. The van der Waals surface area contributed by atoms with E-state index in [9.17, 15) is 4.79 Å². The van der Waals surface area contributed by atoms with Crippen LogP contribution in [0, 0.1) is 5.92 Å². The molecule has 5 heteroatoms. The molecule has 24 heavy (non-hydrogen) atoms. The smallest absolute Gasteiger partial charge is 0.260 e. The van der Waals surface area contributed by atoms with Gasteiger partial charge in [0.2, 0.25) is 0 Å². The van der Waals surface area contributed by atoms with Crippen LogP contribution < -0.4 is 5.56 Å². The van der Waals surface area contributed by atoms with Gasteiger partial charge in [0.15, 0.2) is 0 Å². The highest BCUT2D eigenvalue weighted by molar-refractivity contribution is 7.17. The summed E-state index contributed by atoms with van der Waals surface area (Å²) in [5.41, 5.74) is 2.01. The molecule has 1 aliphatic rings. The van der Waals surface area contributed by atoms with E-state index in [2.05, 4.69) is 16.8 Å². The third-order valence-corrected chi connectivity index (χ3v) is 5.70. The van der Waals surface area contributed by atoms with Crippen molar-refractivity contribution >= 4 is 21.6 Å². The summed E-state index contributed by atoms with van der Waals surface area (Å²) >= 11 is 1.55. The number of benzene rings is 1. The molecule has 0 bridgehead atoms. The zero-order valence-corrected chi connectivity index (χ0v) is 14.6. The first-order valence-electron chi connectivity index (χ1n) is 8.49. The van der Waals surface area contributed by atoms with Gasteiger partial charge in [-0.05, 0) is 37.4 Å². The summed E-state index contributed by atoms with van der Waals surface area (Å²) in [4.78, 5) is 23.6. The first kappa shape index (κ1) is 15.5. The van der Waals surface area contributed by atoms with E-state index in [1.165, 1.54) is 12.8 Å². The molecule has 0 atom stereocenters. The number of rotatable bonds is 3. The topological polar surface area (TPSA) is 49.0 Å². The van der Waals surface area contributed by atoms with Gasteiger partial charge in [0, 0.05) is 10.9 Å².